The van der Waals surface area contributed by atoms with E-state index in [9.17, 15) is 4.79 Å². The number of ether oxygens (including phenoxy) is 2. The Morgan fingerprint density at radius 2 is 1.46 bits per heavy atom. The quantitative estimate of drug-likeness (QED) is 0.517. The van der Waals surface area contributed by atoms with E-state index in [2.05, 4.69) is 16.9 Å². The van der Waals surface area contributed by atoms with Gasteiger partial charge < -0.3 is 9.47 Å². The van der Waals surface area contributed by atoms with Crippen LogP contribution in [0.3, 0.4) is 0 Å². The number of para-hydroxylation sites is 1. The summed E-state index contributed by atoms with van der Waals surface area (Å²) in [5, 5.41) is 0. The van der Waals surface area contributed by atoms with Crippen molar-refractivity contribution in [2.75, 3.05) is 13.0 Å². The largest absolute Gasteiger partial charge is 0.486 e. The second-order valence-corrected chi connectivity index (χ2v) is 4.88. The van der Waals surface area contributed by atoms with Crippen LogP contribution in [-0.2, 0) is 9.53 Å². The molecule has 132 valence electrons. The molecule has 2 aromatic rings. The lowest BCUT2D eigenvalue weighted by Crippen LogP contribution is -2.08. The van der Waals surface area contributed by atoms with Crippen LogP contribution in [0.25, 0.3) is 0 Å². The van der Waals surface area contributed by atoms with Gasteiger partial charge in [0.25, 0.3) is 0 Å². The number of carbonyl (C=O) groups excluding carboxylic acids is 1. The Morgan fingerprint density at radius 1 is 1.00 bits per heavy atom. The molecule has 24 heavy (non-hydrogen) atoms. The lowest BCUT2D eigenvalue weighted by atomic mass is 10.1. The molecule has 0 spiro atoms. The van der Waals surface area contributed by atoms with Crippen molar-refractivity contribution in [1.29, 1.82) is 0 Å². The summed E-state index contributed by atoms with van der Waals surface area (Å²) in [5.74, 6) is 1.23. The number of esters is 1. The van der Waals surface area contributed by atoms with E-state index in [-0.39, 0.29) is 12.1 Å². The Labute approximate surface area is 150 Å². The smallest absolute Gasteiger partial charge is 0.302 e. The van der Waals surface area contributed by atoms with Gasteiger partial charge in [0.1, 0.15) is 11.9 Å². The number of methoxy groups -OCH3 is 1. The highest BCUT2D eigenvalue weighted by Crippen LogP contribution is 2.24. The topological polar surface area (TPSA) is 35.5 Å². The average molecular weight is 351 g/mol. The van der Waals surface area contributed by atoms with Gasteiger partial charge in [0, 0.05) is 19.2 Å². The fourth-order valence-corrected chi connectivity index (χ4v) is 1.92. The number of carbonyl (C=O) groups is 1. The van der Waals surface area contributed by atoms with Gasteiger partial charge in [0.05, 0.1) is 7.11 Å². The Hall–Kier alpha value is -2.00. The predicted octanol–water partition coefficient (Wildman–Crippen LogP) is 5.64. The molecule has 0 heterocycles. The first kappa shape index (κ1) is 22.0. The highest BCUT2D eigenvalue weighted by atomic mass is 35.5. The lowest BCUT2D eigenvalue weighted by Gasteiger charge is -2.18. The molecule has 3 nitrogen and oxygen atoms in total. The van der Waals surface area contributed by atoms with Gasteiger partial charge in [0.2, 0.25) is 0 Å². The maximum atomic E-state index is 9.59. The normalized spacial score (nSPS) is 10.2. The third-order valence-electron chi connectivity index (χ3n) is 2.85. The molecule has 0 aliphatic carbocycles. The molecule has 0 aliphatic rings. The standard InChI is InChI=1S/C15H15ClO.C3H6O2.C2H6/c16-12-11-15(13-7-3-1-4-8-13)17-14-9-5-2-6-10-14;1-3(4)5-2;1-2/h1-10,15H,11-12H2;1-2H3;1-2H3. The Morgan fingerprint density at radius 3 is 1.88 bits per heavy atom. The molecular formula is C20H27ClO3. The summed E-state index contributed by atoms with van der Waals surface area (Å²) < 4.78 is 10.1. The lowest BCUT2D eigenvalue weighted by molar-refractivity contribution is -0.137. The summed E-state index contributed by atoms with van der Waals surface area (Å²) in [7, 11) is 1.35. The molecule has 0 aromatic heterocycles. The van der Waals surface area contributed by atoms with Gasteiger partial charge in [-0.15, -0.1) is 11.6 Å². The Bertz CT molecular complexity index is 529. The van der Waals surface area contributed by atoms with Crippen molar-refractivity contribution in [2.24, 2.45) is 0 Å². The number of alkyl halides is 1. The van der Waals surface area contributed by atoms with Gasteiger partial charge in [0.15, 0.2) is 0 Å². The zero-order chi connectivity index (χ0) is 18.2. The molecule has 2 aromatic carbocycles. The molecule has 0 saturated carbocycles. The molecule has 0 aliphatic heterocycles. The van der Waals surface area contributed by atoms with E-state index >= 15 is 0 Å². The summed E-state index contributed by atoms with van der Waals surface area (Å²) in [4.78, 5) is 9.59. The fourth-order valence-electron chi connectivity index (χ4n) is 1.72. The highest BCUT2D eigenvalue weighted by molar-refractivity contribution is 6.17. The minimum absolute atomic E-state index is 0.0242. The molecule has 4 heteroatoms. The molecule has 0 bridgehead atoms. The first-order valence-electron chi connectivity index (χ1n) is 8.04. The molecule has 0 N–H and O–H groups in total. The minimum atomic E-state index is -0.245. The van der Waals surface area contributed by atoms with E-state index in [4.69, 9.17) is 16.3 Å². The fraction of sp³-hybridized carbons (Fsp3) is 0.350. The molecule has 0 saturated heterocycles. The Balaban J connectivity index is 0.000000650. The number of rotatable bonds is 5. The number of hydrogen-bond donors (Lipinski definition) is 0. The van der Waals surface area contributed by atoms with Crippen molar-refractivity contribution in [1.82, 2.24) is 0 Å². The van der Waals surface area contributed by atoms with E-state index in [0.29, 0.717) is 5.88 Å². The second kappa shape index (κ2) is 14.6. The van der Waals surface area contributed by atoms with Crippen molar-refractivity contribution in [3.05, 3.63) is 66.2 Å². The van der Waals surface area contributed by atoms with Crippen LogP contribution in [0, 0.1) is 0 Å². The molecule has 0 amide bonds. The monoisotopic (exact) mass is 350 g/mol. The summed E-state index contributed by atoms with van der Waals surface area (Å²) in [6.07, 6.45) is 0.830. The molecule has 0 fully saturated rings. The van der Waals surface area contributed by atoms with Crippen molar-refractivity contribution >= 4 is 17.6 Å². The zero-order valence-electron chi connectivity index (χ0n) is 14.9. The van der Waals surface area contributed by atoms with Crippen LogP contribution in [0.4, 0.5) is 0 Å². The van der Waals surface area contributed by atoms with E-state index < -0.39 is 0 Å². The van der Waals surface area contributed by atoms with Crippen LogP contribution in [0.15, 0.2) is 60.7 Å². The SMILES string of the molecule is CC.COC(C)=O.ClCCC(Oc1ccccc1)c1ccccc1. The van der Waals surface area contributed by atoms with Gasteiger partial charge in [-0.3, -0.25) is 4.79 Å². The third-order valence-corrected chi connectivity index (χ3v) is 3.07. The van der Waals surface area contributed by atoms with Crippen LogP contribution >= 0.6 is 11.6 Å². The Kier molecular flexibility index (Phi) is 13.4. The second-order valence-electron chi connectivity index (χ2n) is 4.50. The van der Waals surface area contributed by atoms with Crippen LogP contribution < -0.4 is 4.74 Å². The summed E-state index contributed by atoms with van der Waals surface area (Å²) in [6.45, 7) is 5.36. The zero-order valence-corrected chi connectivity index (χ0v) is 15.6. The van der Waals surface area contributed by atoms with E-state index in [1.54, 1.807) is 0 Å². The van der Waals surface area contributed by atoms with Gasteiger partial charge >= 0.3 is 5.97 Å². The van der Waals surface area contributed by atoms with Gasteiger partial charge in [-0.1, -0.05) is 62.4 Å². The maximum Gasteiger partial charge on any atom is 0.302 e. The van der Waals surface area contributed by atoms with Crippen molar-refractivity contribution in [3.8, 4) is 5.75 Å². The van der Waals surface area contributed by atoms with Crippen LogP contribution in [0.5, 0.6) is 5.75 Å². The molecule has 1 atom stereocenters. The summed E-state index contributed by atoms with van der Waals surface area (Å²) in [6, 6.07) is 20.0. The number of hydrogen-bond acceptors (Lipinski definition) is 3. The highest BCUT2D eigenvalue weighted by Gasteiger charge is 2.12. The summed E-state index contributed by atoms with van der Waals surface area (Å²) in [5.41, 5.74) is 1.16. The minimum Gasteiger partial charge on any atom is -0.486 e. The van der Waals surface area contributed by atoms with Crippen molar-refractivity contribution < 1.29 is 14.3 Å². The van der Waals surface area contributed by atoms with Gasteiger partial charge in [-0.05, 0) is 17.7 Å². The maximum absolute atomic E-state index is 9.59. The van der Waals surface area contributed by atoms with Gasteiger partial charge in [-0.25, -0.2) is 0 Å². The first-order chi connectivity index (χ1) is 11.7. The van der Waals surface area contributed by atoms with Crippen molar-refractivity contribution in [3.63, 3.8) is 0 Å². The van der Waals surface area contributed by atoms with Crippen LogP contribution in [-0.4, -0.2) is 19.0 Å². The van der Waals surface area contributed by atoms with Gasteiger partial charge in [-0.2, -0.15) is 0 Å². The molecular weight excluding hydrogens is 324 g/mol. The van der Waals surface area contributed by atoms with Crippen LogP contribution in [0.2, 0.25) is 0 Å². The molecule has 1 unspecified atom stereocenters. The first-order valence-corrected chi connectivity index (χ1v) is 8.58. The third kappa shape index (κ3) is 9.90. The summed E-state index contributed by atoms with van der Waals surface area (Å²) >= 11 is 5.83. The average Bonchev–Trinajstić information content (AvgIpc) is 2.65. The van der Waals surface area contributed by atoms with E-state index in [1.807, 2.05) is 62.4 Å². The van der Waals surface area contributed by atoms with Crippen molar-refractivity contribution in [2.45, 2.75) is 33.3 Å². The molecule has 2 rings (SSSR count). The molecule has 0 radical (unpaired) electrons. The van der Waals surface area contributed by atoms with Crippen LogP contribution in [0.1, 0.15) is 38.9 Å². The number of halogens is 1. The number of benzene rings is 2. The van der Waals surface area contributed by atoms with E-state index in [0.717, 1.165) is 17.7 Å². The van der Waals surface area contributed by atoms with E-state index in [1.165, 1.54) is 14.0 Å². The predicted molar refractivity (Wildman–Crippen MR) is 101 cm³/mol.